The molecule has 1 aliphatic rings. The van der Waals surface area contributed by atoms with Crippen LogP contribution in [0.1, 0.15) is 58.3 Å². The maximum absolute atomic E-state index is 6.00. The van der Waals surface area contributed by atoms with Crippen LogP contribution in [0.25, 0.3) is 0 Å². The molecule has 3 unspecified atom stereocenters. The molecular weight excluding hydrogens is 234 g/mol. The summed E-state index contributed by atoms with van der Waals surface area (Å²) in [6.45, 7) is 10.0. The highest BCUT2D eigenvalue weighted by molar-refractivity contribution is 4.98. The van der Waals surface area contributed by atoms with Crippen molar-refractivity contribution >= 4 is 0 Å². The van der Waals surface area contributed by atoms with Crippen LogP contribution in [0.3, 0.4) is 0 Å². The van der Waals surface area contributed by atoms with E-state index in [0.717, 1.165) is 18.3 Å². The molecule has 2 rings (SSSR count). The predicted molar refractivity (Wildman–Crippen MR) is 80.0 cm³/mol. The van der Waals surface area contributed by atoms with Crippen LogP contribution < -0.4 is 5.73 Å². The highest BCUT2D eigenvalue weighted by Gasteiger charge is 2.37. The van der Waals surface area contributed by atoms with Gasteiger partial charge in [0.1, 0.15) is 5.82 Å². The lowest BCUT2D eigenvalue weighted by atomic mass is 9.66. The Labute approximate surface area is 117 Å². The summed E-state index contributed by atoms with van der Waals surface area (Å²) in [5.74, 6) is 2.53. The van der Waals surface area contributed by atoms with Gasteiger partial charge < -0.3 is 10.3 Å². The molecule has 0 aliphatic heterocycles. The van der Waals surface area contributed by atoms with Crippen LogP contribution >= 0.6 is 0 Å². The third-order valence-electron chi connectivity index (χ3n) is 5.49. The third-order valence-corrected chi connectivity index (χ3v) is 5.49. The van der Waals surface area contributed by atoms with Gasteiger partial charge >= 0.3 is 0 Å². The molecule has 3 atom stereocenters. The Bertz CT molecular complexity index is 408. The monoisotopic (exact) mass is 263 g/mol. The number of hydrogen-bond donors (Lipinski definition) is 1. The van der Waals surface area contributed by atoms with Crippen molar-refractivity contribution in [3.8, 4) is 0 Å². The molecule has 3 nitrogen and oxygen atoms in total. The van der Waals surface area contributed by atoms with Crippen LogP contribution in [0.4, 0.5) is 0 Å². The van der Waals surface area contributed by atoms with E-state index in [2.05, 4.69) is 43.4 Å². The number of nitrogens with zero attached hydrogens (tertiary/aromatic N) is 2. The van der Waals surface area contributed by atoms with Crippen molar-refractivity contribution in [1.82, 2.24) is 9.55 Å². The van der Waals surface area contributed by atoms with Crippen molar-refractivity contribution in [3.05, 3.63) is 18.2 Å². The zero-order valence-corrected chi connectivity index (χ0v) is 12.9. The summed E-state index contributed by atoms with van der Waals surface area (Å²) in [6, 6.07) is 0.539. The first-order valence-electron chi connectivity index (χ1n) is 7.69. The van der Waals surface area contributed by atoms with E-state index in [9.17, 15) is 0 Å². The fourth-order valence-electron chi connectivity index (χ4n) is 3.56. The molecule has 1 heterocycles. The lowest BCUT2D eigenvalue weighted by molar-refractivity contribution is 0.0893. The SMILES string of the molecule is CCC(C)(C)C1CCC(CN)C(n2ccnc2C)C1. The van der Waals surface area contributed by atoms with E-state index in [0.29, 0.717) is 17.4 Å². The van der Waals surface area contributed by atoms with Crippen LogP contribution in [-0.2, 0) is 0 Å². The molecule has 1 aromatic rings. The minimum absolute atomic E-state index is 0.437. The number of rotatable bonds is 4. The largest absolute Gasteiger partial charge is 0.332 e. The second kappa shape index (κ2) is 5.66. The Balaban J connectivity index is 2.21. The van der Waals surface area contributed by atoms with Crippen LogP contribution in [-0.4, -0.2) is 16.1 Å². The van der Waals surface area contributed by atoms with Gasteiger partial charge in [-0.2, -0.15) is 0 Å². The summed E-state index contributed by atoms with van der Waals surface area (Å²) in [6.07, 6.45) is 9.13. The number of hydrogen-bond acceptors (Lipinski definition) is 2. The Hall–Kier alpha value is -0.830. The lowest BCUT2D eigenvalue weighted by Gasteiger charge is -2.43. The van der Waals surface area contributed by atoms with Crippen molar-refractivity contribution in [2.75, 3.05) is 6.54 Å². The molecule has 0 radical (unpaired) electrons. The number of aromatic nitrogens is 2. The molecule has 0 bridgehead atoms. The quantitative estimate of drug-likeness (QED) is 0.903. The first kappa shape index (κ1) is 14.6. The van der Waals surface area contributed by atoms with Gasteiger partial charge in [-0.05, 0) is 50.0 Å². The van der Waals surface area contributed by atoms with Gasteiger partial charge in [-0.15, -0.1) is 0 Å². The highest BCUT2D eigenvalue weighted by Crippen LogP contribution is 2.46. The first-order chi connectivity index (χ1) is 8.99. The van der Waals surface area contributed by atoms with Gasteiger partial charge in [-0.3, -0.25) is 0 Å². The van der Waals surface area contributed by atoms with E-state index in [1.165, 1.54) is 25.7 Å². The molecule has 0 aromatic carbocycles. The van der Waals surface area contributed by atoms with Gasteiger partial charge in [0.15, 0.2) is 0 Å². The van der Waals surface area contributed by atoms with Crippen molar-refractivity contribution in [2.45, 2.75) is 59.4 Å². The van der Waals surface area contributed by atoms with E-state index in [1.807, 2.05) is 6.20 Å². The van der Waals surface area contributed by atoms with Gasteiger partial charge in [-0.1, -0.05) is 27.2 Å². The van der Waals surface area contributed by atoms with Crippen molar-refractivity contribution in [2.24, 2.45) is 23.0 Å². The maximum atomic E-state index is 6.00. The van der Waals surface area contributed by atoms with E-state index in [1.54, 1.807) is 0 Å². The molecule has 1 saturated carbocycles. The average Bonchev–Trinajstić information content (AvgIpc) is 2.84. The normalized spacial score (nSPS) is 28.6. The van der Waals surface area contributed by atoms with Crippen molar-refractivity contribution < 1.29 is 0 Å². The van der Waals surface area contributed by atoms with Gasteiger partial charge in [0, 0.05) is 18.4 Å². The van der Waals surface area contributed by atoms with Crippen LogP contribution in [0.2, 0.25) is 0 Å². The average molecular weight is 263 g/mol. The summed E-state index contributed by atoms with van der Waals surface area (Å²) in [7, 11) is 0. The zero-order valence-electron chi connectivity index (χ0n) is 12.9. The molecule has 2 N–H and O–H groups in total. The first-order valence-corrected chi connectivity index (χ1v) is 7.69. The predicted octanol–water partition coefficient (Wildman–Crippen LogP) is 3.54. The fraction of sp³-hybridized carbons (Fsp3) is 0.812. The molecule has 1 aliphatic carbocycles. The molecular formula is C16H29N3. The number of imidazole rings is 1. The second-order valence-electron chi connectivity index (χ2n) is 6.80. The highest BCUT2D eigenvalue weighted by atomic mass is 15.1. The summed E-state index contributed by atoms with van der Waals surface area (Å²) in [5, 5.41) is 0. The molecule has 3 heteroatoms. The summed E-state index contributed by atoms with van der Waals surface area (Å²) in [5.41, 5.74) is 6.44. The Morgan fingerprint density at radius 3 is 2.68 bits per heavy atom. The third kappa shape index (κ3) is 2.86. The van der Waals surface area contributed by atoms with Gasteiger partial charge in [0.05, 0.1) is 0 Å². The second-order valence-corrected chi connectivity index (χ2v) is 6.80. The Morgan fingerprint density at radius 1 is 1.42 bits per heavy atom. The summed E-state index contributed by atoms with van der Waals surface area (Å²) in [4.78, 5) is 4.39. The van der Waals surface area contributed by atoms with Gasteiger partial charge in [-0.25, -0.2) is 4.98 Å². The fourth-order valence-corrected chi connectivity index (χ4v) is 3.56. The molecule has 108 valence electrons. The van der Waals surface area contributed by atoms with E-state index in [-0.39, 0.29) is 0 Å². The molecule has 0 amide bonds. The summed E-state index contributed by atoms with van der Waals surface area (Å²) >= 11 is 0. The lowest BCUT2D eigenvalue weighted by Crippen LogP contribution is -2.37. The number of aryl methyl sites for hydroxylation is 1. The van der Waals surface area contributed by atoms with Crippen LogP contribution in [0.15, 0.2) is 12.4 Å². The van der Waals surface area contributed by atoms with Crippen LogP contribution in [0, 0.1) is 24.2 Å². The Kier molecular flexibility index (Phi) is 4.34. The molecule has 0 saturated heterocycles. The maximum Gasteiger partial charge on any atom is 0.105 e. The Morgan fingerprint density at radius 2 is 2.16 bits per heavy atom. The smallest absolute Gasteiger partial charge is 0.105 e. The van der Waals surface area contributed by atoms with Gasteiger partial charge in [0.2, 0.25) is 0 Å². The molecule has 19 heavy (non-hydrogen) atoms. The van der Waals surface area contributed by atoms with Gasteiger partial charge in [0.25, 0.3) is 0 Å². The van der Waals surface area contributed by atoms with Crippen LogP contribution in [0.5, 0.6) is 0 Å². The van der Waals surface area contributed by atoms with Crippen molar-refractivity contribution in [3.63, 3.8) is 0 Å². The van der Waals surface area contributed by atoms with E-state index in [4.69, 9.17) is 5.73 Å². The van der Waals surface area contributed by atoms with E-state index >= 15 is 0 Å². The van der Waals surface area contributed by atoms with Crippen molar-refractivity contribution in [1.29, 1.82) is 0 Å². The molecule has 0 spiro atoms. The zero-order chi connectivity index (χ0) is 14.0. The minimum Gasteiger partial charge on any atom is -0.332 e. The molecule has 1 aromatic heterocycles. The topological polar surface area (TPSA) is 43.8 Å². The number of nitrogens with two attached hydrogens (primary N) is 1. The summed E-state index contributed by atoms with van der Waals surface area (Å²) < 4.78 is 2.36. The van der Waals surface area contributed by atoms with E-state index < -0.39 is 0 Å². The standard InChI is InChI=1S/C16H29N3/c1-5-16(3,4)14-7-6-13(11-17)15(10-14)19-9-8-18-12(19)2/h8-9,13-15H,5-7,10-11,17H2,1-4H3. The molecule has 1 fully saturated rings. The minimum atomic E-state index is 0.437.